The fourth-order valence-electron chi connectivity index (χ4n) is 4.63. The van der Waals surface area contributed by atoms with Crippen LogP contribution in [0.3, 0.4) is 0 Å². The molecule has 5 atom stereocenters. The van der Waals surface area contributed by atoms with E-state index >= 15 is 0 Å². The number of hydrogen-bond acceptors (Lipinski definition) is 14. The first-order valence-corrected chi connectivity index (χ1v) is 16.4. The molecule has 1 heterocycles. The first kappa shape index (κ1) is 40.3. The molecule has 1 saturated heterocycles. The van der Waals surface area contributed by atoms with Crippen molar-refractivity contribution in [2.75, 3.05) is 33.0 Å². The number of ether oxygens (including phenoxy) is 9. The van der Waals surface area contributed by atoms with Gasteiger partial charge in [0.1, 0.15) is 19.3 Å². The molecular formula is C34H50O14. The fraction of sp³-hybridized carbons (Fsp3) is 0.676. The molecule has 1 aromatic rings. The first-order chi connectivity index (χ1) is 22.9. The lowest BCUT2D eigenvalue weighted by Crippen LogP contribution is -2.63. The van der Waals surface area contributed by atoms with Gasteiger partial charge >= 0.3 is 23.9 Å². The predicted octanol–water partition coefficient (Wildman–Crippen LogP) is 4.51. The standard InChI is InChI=1S/C34H50O14/c1-8-11-14-40-27-17-25(18-28(41-15-12-9-2)30(27)42-16-13-10-3)26(39)19-44-34-33(47-24(7)38)32(46-23(6)37)31(45-22(5)36)29(48-34)20-43-21(4)35/h17-18,29,31-34H,8-16,19-20H2,1-7H3. The summed E-state index contributed by atoms with van der Waals surface area (Å²) in [4.78, 5) is 61.5. The molecule has 0 bridgehead atoms. The number of unbranched alkanes of at least 4 members (excludes halogenated alkanes) is 3. The van der Waals surface area contributed by atoms with Crippen LogP contribution < -0.4 is 14.2 Å². The van der Waals surface area contributed by atoms with Crippen LogP contribution in [0.15, 0.2) is 12.1 Å². The van der Waals surface area contributed by atoms with Crippen LogP contribution in [0, 0.1) is 0 Å². The Balaban J connectivity index is 2.46. The normalized spacial score (nSPS) is 20.3. The monoisotopic (exact) mass is 682 g/mol. The summed E-state index contributed by atoms with van der Waals surface area (Å²) in [7, 11) is 0. The van der Waals surface area contributed by atoms with Crippen LogP contribution in [0.1, 0.15) is 97.3 Å². The summed E-state index contributed by atoms with van der Waals surface area (Å²) in [6.45, 7) is 10.8. The van der Waals surface area contributed by atoms with Gasteiger partial charge in [0, 0.05) is 33.3 Å². The highest BCUT2D eigenvalue weighted by molar-refractivity contribution is 5.98. The molecule has 1 aromatic carbocycles. The van der Waals surface area contributed by atoms with Crippen LogP contribution in [0.5, 0.6) is 17.2 Å². The van der Waals surface area contributed by atoms with Gasteiger partial charge in [0.15, 0.2) is 41.9 Å². The van der Waals surface area contributed by atoms with Crippen molar-refractivity contribution in [2.45, 2.75) is 118 Å². The van der Waals surface area contributed by atoms with Crippen LogP contribution in [0.2, 0.25) is 0 Å². The number of rotatable bonds is 21. The van der Waals surface area contributed by atoms with Crippen LogP contribution >= 0.6 is 0 Å². The number of hydrogen-bond donors (Lipinski definition) is 0. The summed E-state index contributed by atoms with van der Waals surface area (Å²) in [6.07, 6.45) is -1.88. The Morgan fingerprint density at radius 1 is 0.646 bits per heavy atom. The molecule has 0 aromatic heterocycles. The van der Waals surface area contributed by atoms with E-state index in [0.29, 0.717) is 37.1 Å². The first-order valence-electron chi connectivity index (χ1n) is 16.4. The van der Waals surface area contributed by atoms with Crippen molar-refractivity contribution in [3.8, 4) is 17.2 Å². The van der Waals surface area contributed by atoms with Crippen molar-refractivity contribution < 1.29 is 66.6 Å². The minimum Gasteiger partial charge on any atom is -0.490 e. The second-order valence-corrected chi connectivity index (χ2v) is 11.2. The molecule has 2 rings (SSSR count). The maximum Gasteiger partial charge on any atom is 0.303 e. The van der Waals surface area contributed by atoms with E-state index in [2.05, 4.69) is 0 Å². The molecule has 14 heteroatoms. The summed E-state index contributed by atoms with van der Waals surface area (Å²) in [5.74, 6) is -2.40. The van der Waals surface area contributed by atoms with E-state index in [-0.39, 0.29) is 5.56 Å². The zero-order chi connectivity index (χ0) is 35.6. The van der Waals surface area contributed by atoms with Gasteiger partial charge in [-0.25, -0.2) is 0 Å². The molecule has 14 nitrogen and oxygen atoms in total. The SMILES string of the molecule is CCCCOc1cc(C(=O)COC2OC(COC(C)=O)C(OC(C)=O)C(OC(C)=O)C2OC(C)=O)cc(OCCCC)c1OCCCC. The van der Waals surface area contributed by atoms with Gasteiger partial charge in [0.2, 0.25) is 5.75 Å². The molecule has 0 radical (unpaired) electrons. The number of Topliss-reactive ketones (excluding diaryl/α,β-unsaturated/α-hetero) is 1. The van der Waals surface area contributed by atoms with Crippen molar-refractivity contribution in [1.82, 2.24) is 0 Å². The maximum atomic E-state index is 13.7. The van der Waals surface area contributed by atoms with Gasteiger partial charge in [-0.3, -0.25) is 24.0 Å². The number of esters is 4. The Bertz CT molecular complexity index is 1180. The van der Waals surface area contributed by atoms with Gasteiger partial charge in [-0.1, -0.05) is 40.0 Å². The Kier molecular flexibility index (Phi) is 17.7. The molecule has 0 amide bonds. The van der Waals surface area contributed by atoms with Crippen LogP contribution in [0.4, 0.5) is 0 Å². The number of carbonyl (C=O) groups is 5. The van der Waals surface area contributed by atoms with E-state index < -0.39 is 73.6 Å². The molecule has 0 aliphatic carbocycles. The number of carbonyl (C=O) groups excluding carboxylic acids is 5. The highest BCUT2D eigenvalue weighted by Crippen LogP contribution is 2.40. The Morgan fingerprint density at radius 3 is 1.60 bits per heavy atom. The van der Waals surface area contributed by atoms with Gasteiger partial charge < -0.3 is 42.6 Å². The summed E-state index contributed by atoms with van der Waals surface area (Å²) >= 11 is 0. The highest BCUT2D eigenvalue weighted by atomic mass is 16.7. The lowest BCUT2D eigenvalue weighted by Gasteiger charge is -2.43. The minimum atomic E-state index is -1.51. The molecule has 5 unspecified atom stereocenters. The molecule has 1 aliphatic heterocycles. The van der Waals surface area contributed by atoms with Crippen molar-refractivity contribution in [2.24, 2.45) is 0 Å². The topological polar surface area (TPSA) is 168 Å². The third kappa shape index (κ3) is 13.3. The van der Waals surface area contributed by atoms with Crippen molar-refractivity contribution >= 4 is 29.7 Å². The van der Waals surface area contributed by atoms with Gasteiger partial charge in [0.05, 0.1) is 19.8 Å². The van der Waals surface area contributed by atoms with Gasteiger partial charge in [-0.15, -0.1) is 0 Å². The Hall–Kier alpha value is -3.91. The maximum absolute atomic E-state index is 13.7. The molecule has 0 N–H and O–H groups in total. The Morgan fingerprint density at radius 2 is 1.12 bits per heavy atom. The highest BCUT2D eigenvalue weighted by Gasteiger charge is 2.53. The summed E-state index contributed by atoms with van der Waals surface area (Å²) in [5, 5.41) is 0. The van der Waals surface area contributed by atoms with E-state index in [1.54, 1.807) is 12.1 Å². The van der Waals surface area contributed by atoms with Gasteiger partial charge in [-0.2, -0.15) is 0 Å². The number of ketones is 1. The second-order valence-electron chi connectivity index (χ2n) is 11.2. The van der Waals surface area contributed by atoms with E-state index in [4.69, 9.17) is 42.6 Å². The Labute approximate surface area is 281 Å². The third-order valence-electron chi connectivity index (χ3n) is 6.92. The molecule has 1 aliphatic rings. The zero-order valence-electron chi connectivity index (χ0n) is 29.0. The van der Waals surface area contributed by atoms with Crippen molar-refractivity contribution in [3.63, 3.8) is 0 Å². The lowest BCUT2D eigenvalue weighted by atomic mass is 9.98. The molecule has 1 fully saturated rings. The van der Waals surface area contributed by atoms with Gasteiger partial charge in [0.25, 0.3) is 0 Å². The molecule has 0 saturated carbocycles. The minimum absolute atomic E-state index is 0.196. The van der Waals surface area contributed by atoms with E-state index in [1.807, 2.05) is 20.8 Å². The summed E-state index contributed by atoms with van der Waals surface area (Å²) in [6, 6.07) is 3.12. The van der Waals surface area contributed by atoms with E-state index in [9.17, 15) is 24.0 Å². The predicted molar refractivity (Wildman–Crippen MR) is 170 cm³/mol. The largest absolute Gasteiger partial charge is 0.490 e. The average molecular weight is 683 g/mol. The van der Waals surface area contributed by atoms with Gasteiger partial charge in [-0.05, 0) is 31.4 Å². The summed E-state index contributed by atoms with van der Waals surface area (Å²) < 4.78 is 51.3. The lowest BCUT2D eigenvalue weighted by molar-refractivity contribution is -0.305. The van der Waals surface area contributed by atoms with Crippen molar-refractivity contribution in [1.29, 1.82) is 0 Å². The van der Waals surface area contributed by atoms with Crippen LogP contribution in [-0.2, 0) is 47.6 Å². The van der Waals surface area contributed by atoms with E-state index in [1.165, 1.54) is 6.92 Å². The average Bonchev–Trinajstić information content (AvgIpc) is 3.01. The quantitative estimate of drug-likeness (QED) is 0.0769. The zero-order valence-corrected chi connectivity index (χ0v) is 29.0. The van der Waals surface area contributed by atoms with E-state index in [0.717, 1.165) is 59.3 Å². The summed E-state index contributed by atoms with van der Waals surface area (Å²) in [5.41, 5.74) is 0.196. The molecule has 270 valence electrons. The van der Waals surface area contributed by atoms with Crippen molar-refractivity contribution in [3.05, 3.63) is 17.7 Å². The molecule has 0 spiro atoms. The molecule has 48 heavy (non-hydrogen) atoms. The third-order valence-corrected chi connectivity index (χ3v) is 6.92. The second kappa shape index (κ2) is 21.1. The fourth-order valence-corrected chi connectivity index (χ4v) is 4.63. The smallest absolute Gasteiger partial charge is 0.303 e. The number of benzene rings is 1. The molecular weight excluding hydrogens is 632 g/mol. The van der Waals surface area contributed by atoms with Crippen LogP contribution in [0.25, 0.3) is 0 Å². The van der Waals surface area contributed by atoms with Crippen LogP contribution in [-0.4, -0.2) is 93.4 Å².